The molecular weight excluding hydrogens is 1400 g/mol. The van der Waals surface area contributed by atoms with Crippen LogP contribution in [0.15, 0.2) is 0 Å². The molecule has 0 aromatic rings. The summed E-state index contributed by atoms with van der Waals surface area (Å²) < 4.78 is 275. The number of fused-ring (bicyclic) bond motifs is 1. The number of methoxy groups -OCH3 is 1. The van der Waals surface area contributed by atoms with Crippen molar-refractivity contribution in [3.05, 3.63) is 0 Å². The van der Waals surface area contributed by atoms with Gasteiger partial charge < -0.3 is 138 Å². The molecule has 0 spiro atoms. The van der Waals surface area contributed by atoms with Gasteiger partial charge in [0.15, 0.2) is 33.0 Å². The van der Waals surface area contributed by atoms with E-state index in [1.165, 1.54) is 4.72 Å². The summed E-state index contributed by atoms with van der Waals surface area (Å²) in [7, 11) is -33.7. The van der Waals surface area contributed by atoms with Gasteiger partial charge in [-0.2, -0.15) is 0 Å². The summed E-state index contributed by atoms with van der Waals surface area (Å²) in [5.41, 5.74) is 0. The zero-order valence-corrected chi connectivity index (χ0v) is 49.9. The van der Waals surface area contributed by atoms with Gasteiger partial charge in [0.05, 0.1) is 125 Å². The van der Waals surface area contributed by atoms with Gasteiger partial charge in [0.1, 0.15) is 24.4 Å². The van der Waals surface area contributed by atoms with Crippen LogP contribution in [0.5, 0.6) is 0 Å². The van der Waals surface area contributed by atoms with Crippen LogP contribution in [0.3, 0.4) is 0 Å². The molecule has 6 fully saturated rings. The Kier molecular flexibility index (Phi) is 38.5. The minimum atomic E-state index is -5.24. The normalized spacial score (nSPS) is 31.4. The number of alkyl carbamates (subject to hydrolysis) is 1. The molecule has 6 heterocycles. The number of carbonyl (C=O) groups is 3. The van der Waals surface area contributed by atoms with Crippen molar-refractivity contribution < 1.29 is 217 Å². The van der Waals surface area contributed by atoms with Crippen LogP contribution in [-0.2, 0) is 136 Å². The maximum Gasteiger partial charge on any atom is 0.408 e. The first kappa shape index (κ1) is 89.9. The lowest BCUT2D eigenvalue weighted by Gasteiger charge is -2.39. The molecule has 0 bridgehead atoms. The predicted octanol–water partition coefficient (Wildman–Crippen LogP) is -18.1. The minimum absolute atomic E-state index is 0. The number of carbonyl (C=O) groups excluding carboxylic acids is 3. The number of carboxylic acid groups (broad SMARTS) is 2. The van der Waals surface area contributed by atoms with E-state index in [1.54, 1.807) is 4.72 Å². The van der Waals surface area contributed by atoms with Gasteiger partial charge in [-0.05, 0) is 0 Å². The monoisotopic (exact) mass is 1460 g/mol. The third kappa shape index (κ3) is 37.3. The average molecular weight is 1460 g/mol. The molecule has 0 saturated carbocycles. The summed E-state index contributed by atoms with van der Waals surface area (Å²) in [5, 5.41) is 69.5. The lowest BCUT2D eigenvalue weighted by Crippen LogP contribution is -2.58. The third-order valence-corrected chi connectivity index (χ3v) is 14.2. The molecule has 6 rings (SSSR count). The third-order valence-electron chi connectivity index (χ3n) is 10.8. The van der Waals surface area contributed by atoms with Gasteiger partial charge in [-0.25, -0.2) is 73.2 Å². The lowest BCUT2D eigenvalue weighted by molar-refractivity contribution is -0.322. The second-order valence-electron chi connectivity index (χ2n) is 17.2. The summed E-state index contributed by atoms with van der Waals surface area (Å²) in [5.74, 6) is -2.87. The van der Waals surface area contributed by atoms with Crippen LogP contribution in [-0.4, -0.2) is 313 Å². The highest BCUT2D eigenvalue weighted by molar-refractivity contribution is 7.84. The van der Waals surface area contributed by atoms with E-state index < -0.39 is 234 Å². The summed E-state index contributed by atoms with van der Waals surface area (Å²) >= 11 is 0. The molecule has 0 radical (unpaired) electrons. The van der Waals surface area contributed by atoms with Crippen molar-refractivity contribution in [3.63, 3.8) is 0 Å². The first-order valence-corrected chi connectivity index (χ1v) is 32.0. The van der Waals surface area contributed by atoms with Gasteiger partial charge in [0.2, 0.25) is 52.0 Å². The molecule has 6 saturated heterocycles. The molecule has 6 aliphatic rings. The Labute approximate surface area is 503 Å². The van der Waals surface area contributed by atoms with Crippen LogP contribution < -0.4 is 25.0 Å². The van der Waals surface area contributed by atoms with Gasteiger partial charge in [0.25, 0.3) is 0 Å². The molecule has 16 N–H and O–H groups in total. The Morgan fingerprint density at radius 1 is 0.539 bits per heavy atom. The number of carboxylic acids is 2. The zero-order valence-electron chi connectivity index (χ0n) is 44.2. The zero-order chi connectivity index (χ0) is 65.4. The van der Waals surface area contributed by atoms with E-state index in [-0.39, 0.29) is 54.4 Å². The SMILES string of the molecule is CO[C@H]1OC(COS(=O)(=O)[O-])C[C@@H](O)C1NS(=O)(=O)[O-].O.O.O.O.O=C([O-])C1C[C@@H](O)C(O)CO1.O=C([O-])C1C[C@@H](O)C(OS(=O)(=O)[O-])CO1.O=C1NC2COC(COS(=O)(=O)[O-])[C@@H](O)[C@H]2O1.O=S(=O)([O-])NC1COC(COS(=O)(=O)[O-])C[C@H]1OS(=O)(=O)[O-]. The van der Waals surface area contributed by atoms with Crippen molar-refractivity contribution in [3.8, 4) is 0 Å². The molecule has 89 heavy (non-hydrogen) atoms. The average Bonchev–Trinajstić information content (AvgIpc) is 3.45. The number of hydrogen-bond donors (Lipinski definition) is 8. The van der Waals surface area contributed by atoms with Crippen molar-refractivity contribution >= 4 is 90.6 Å². The highest BCUT2D eigenvalue weighted by Crippen LogP contribution is 2.25. The molecule has 50 nitrogen and oxygen atoms in total. The van der Waals surface area contributed by atoms with Crippen LogP contribution in [0.25, 0.3) is 0 Å². The van der Waals surface area contributed by atoms with E-state index in [0.29, 0.717) is 0 Å². The number of nitrogens with one attached hydrogen (secondary N) is 3. The number of aliphatic hydroxyl groups excluding tert-OH is 5. The highest BCUT2D eigenvalue weighted by atomic mass is 32.3. The van der Waals surface area contributed by atoms with E-state index >= 15 is 0 Å². The lowest BCUT2D eigenvalue weighted by atomic mass is 9.99. The van der Waals surface area contributed by atoms with E-state index in [2.05, 4.69) is 35.7 Å². The fourth-order valence-corrected chi connectivity index (χ4v) is 10.4. The van der Waals surface area contributed by atoms with Crippen molar-refractivity contribution in [1.29, 1.82) is 0 Å². The van der Waals surface area contributed by atoms with Crippen LogP contribution in [0.2, 0.25) is 0 Å². The molecule has 17 atom stereocenters. The first-order chi connectivity index (χ1) is 38.5. The molecular formula is C32H58N3O47S7-9. The van der Waals surface area contributed by atoms with E-state index in [9.17, 15) is 131 Å². The smallest absolute Gasteiger partial charge is 0.408 e. The van der Waals surface area contributed by atoms with Gasteiger partial charge >= 0.3 is 6.09 Å². The summed E-state index contributed by atoms with van der Waals surface area (Å²) in [6.45, 7) is -3.31. The molecule has 0 aromatic carbocycles. The number of amides is 1. The minimum Gasteiger partial charge on any atom is -0.735 e. The molecule has 1 amide bonds. The van der Waals surface area contributed by atoms with Crippen LogP contribution in [0, 0.1) is 0 Å². The predicted molar refractivity (Wildman–Crippen MR) is 254 cm³/mol. The molecule has 0 aliphatic carbocycles. The Bertz CT molecular complexity index is 2990. The Morgan fingerprint density at radius 2 is 1.00 bits per heavy atom. The number of aliphatic carboxylic acids is 2. The fourth-order valence-electron chi connectivity index (χ4n) is 7.22. The van der Waals surface area contributed by atoms with E-state index in [1.807, 2.05) is 0 Å². The van der Waals surface area contributed by atoms with Gasteiger partial charge in [-0.1, -0.05) is 0 Å². The van der Waals surface area contributed by atoms with Crippen molar-refractivity contribution in [1.82, 2.24) is 14.8 Å². The number of hydrogen-bond acceptors (Lipinski definition) is 43. The van der Waals surface area contributed by atoms with Crippen LogP contribution in [0.1, 0.15) is 25.7 Å². The summed E-state index contributed by atoms with van der Waals surface area (Å²) in [4.78, 5) is 31.4. The Balaban J connectivity index is -0.00000104. The molecule has 10 unspecified atom stereocenters. The van der Waals surface area contributed by atoms with Crippen LogP contribution >= 0.6 is 0 Å². The van der Waals surface area contributed by atoms with Gasteiger partial charge in [-0.3, -0.25) is 20.9 Å². The Morgan fingerprint density at radius 3 is 1.44 bits per heavy atom. The number of ether oxygens (including phenoxy) is 7. The quantitative estimate of drug-likeness (QED) is 0.0414. The van der Waals surface area contributed by atoms with E-state index in [0.717, 1.165) is 7.11 Å². The number of aliphatic hydroxyl groups is 5. The van der Waals surface area contributed by atoms with Crippen molar-refractivity contribution in [2.45, 2.75) is 129 Å². The maximum atomic E-state index is 10.9. The second kappa shape index (κ2) is 38.2. The van der Waals surface area contributed by atoms with Crippen molar-refractivity contribution in [2.24, 2.45) is 0 Å². The summed E-state index contributed by atoms with van der Waals surface area (Å²) in [6, 6.07) is -3.34. The summed E-state index contributed by atoms with van der Waals surface area (Å²) in [6.07, 6.45) is -18.8. The van der Waals surface area contributed by atoms with E-state index in [4.69, 9.17) is 33.9 Å². The largest absolute Gasteiger partial charge is 0.735 e. The number of rotatable bonds is 20. The fraction of sp³-hybridized carbons (Fsp3) is 0.906. The van der Waals surface area contributed by atoms with Crippen LogP contribution in [0.4, 0.5) is 4.79 Å². The second-order valence-corrected chi connectivity index (χ2v) is 24.7. The van der Waals surface area contributed by atoms with Gasteiger partial charge in [0, 0.05) is 32.8 Å². The molecule has 534 valence electrons. The first-order valence-electron chi connectivity index (χ1n) is 22.5. The topological polar surface area (TPSA) is 872 Å². The molecule has 6 aliphatic heterocycles. The standard InChI is InChI=1S/C7H15NO10S2.C7H11NO8S.C6H13NO12S3.C6H10O8S.C6H10O5.4H2O/c1-16-7-6(8-19(10,11)12)5(9)2-4(18-7)3-17-20(13,14)15;9-5-4(2-15-17(11,12)13)14-1-3-6(5)16-7(10)8-3;8-20(9,10)7-5-3-17-4(2-18-21(11,12)13)1-6(5)19-22(14,15)16;7-3-1-4(6(8)9)13-2-5(3)14-15(10,11)12;7-3-1-5(6(9)10)11-2-4(3)8;;;;/h4-9H,2-3H2,1H3,(H,10,11,12)(H,13,14,15);3-6,9H,1-2H2,(H,8,10)(H,11,12,13);4-7H,1-3H2,(H,8,9,10)(H,11,12,13)(H,14,15,16);3-5,7H,1-2H2,(H,8,9)(H,10,11,12);3-5,7-8H,1-2H2,(H,9,10);4*1H2/p-9/t4?,5-,6?,7+;3?,4?,5-,6+;4?,5?,6-;2*3-,4?,5?;;;;/m11111..../s1. The molecule has 0 aromatic heterocycles. The highest BCUT2D eigenvalue weighted by Gasteiger charge is 2.47. The maximum absolute atomic E-state index is 10.9. The van der Waals surface area contributed by atoms with Gasteiger partial charge in [-0.15, -0.1) is 0 Å². The molecule has 57 heteroatoms. The Hall–Kier alpha value is -3.30. The van der Waals surface area contributed by atoms with Crippen molar-refractivity contribution in [2.75, 3.05) is 53.4 Å².